The summed E-state index contributed by atoms with van der Waals surface area (Å²) in [5, 5.41) is 9.78. The van der Waals surface area contributed by atoms with Crippen molar-refractivity contribution in [2.75, 3.05) is 0 Å². The Hall–Kier alpha value is -0.600. The summed E-state index contributed by atoms with van der Waals surface area (Å²) >= 11 is 5.83. The molecule has 2 atom stereocenters. The molecule has 1 rings (SSSR count). The maximum Gasteiger partial charge on any atom is 0.142 e. The Morgan fingerprint density at radius 1 is 1.47 bits per heavy atom. The van der Waals surface area contributed by atoms with Gasteiger partial charge in [0.1, 0.15) is 5.82 Å². The number of aliphatic hydroxyl groups is 1. The van der Waals surface area contributed by atoms with Gasteiger partial charge >= 0.3 is 0 Å². The van der Waals surface area contributed by atoms with Gasteiger partial charge in [0.15, 0.2) is 0 Å². The van der Waals surface area contributed by atoms with Crippen molar-refractivity contribution in [3.8, 4) is 0 Å². The van der Waals surface area contributed by atoms with Crippen molar-refractivity contribution in [1.82, 2.24) is 0 Å². The highest BCUT2D eigenvalue weighted by atomic mass is 35.5. The molecule has 0 saturated carbocycles. The van der Waals surface area contributed by atoms with Gasteiger partial charge in [0.2, 0.25) is 0 Å². The molecule has 84 valence electrons. The summed E-state index contributed by atoms with van der Waals surface area (Å²) in [6.07, 6.45) is 0.948. The second kappa shape index (κ2) is 5.47. The summed E-state index contributed by atoms with van der Waals surface area (Å²) in [5.74, 6) is -0.304. The van der Waals surface area contributed by atoms with E-state index < -0.39 is 5.82 Å². The van der Waals surface area contributed by atoms with Crippen LogP contribution in [0.2, 0.25) is 5.02 Å². The quantitative estimate of drug-likeness (QED) is 0.840. The van der Waals surface area contributed by atoms with Gasteiger partial charge in [0, 0.05) is 0 Å². The molecule has 1 aromatic carbocycles. The van der Waals surface area contributed by atoms with E-state index >= 15 is 0 Å². The van der Waals surface area contributed by atoms with Gasteiger partial charge in [-0.05, 0) is 30.4 Å². The number of benzene rings is 1. The van der Waals surface area contributed by atoms with E-state index in [1.807, 2.05) is 13.8 Å². The van der Waals surface area contributed by atoms with Crippen LogP contribution in [0.25, 0.3) is 0 Å². The Labute approximate surface area is 94.9 Å². The number of hydrogen-bond acceptors (Lipinski definition) is 1. The van der Waals surface area contributed by atoms with Crippen molar-refractivity contribution in [2.24, 2.45) is 5.92 Å². The molecule has 0 heterocycles. The highest BCUT2D eigenvalue weighted by Gasteiger charge is 2.15. The molecule has 2 unspecified atom stereocenters. The molecule has 0 aliphatic rings. The smallest absolute Gasteiger partial charge is 0.142 e. The summed E-state index contributed by atoms with van der Waals surface area (Å²) in [7, 11) is 0. The normalized spacial score (nSPS) is 15.0. The lowest BCUT2D eigenvalue weighted by Crippen LogP contribution is -2.18. The second-order valence-corrected chi connectivity index (χ2v) is 4.25. The van der Waals surface area contributed by atoms with Crippen molar-refractivity contribution in [3.05, 3.63) is 34.6 Å². The van der Waals surface area contributed by atoms with Gasteiger partial charge in [-0.2, -0.15) is 0 Å². The standard InChI is InChI=1S/C12H16ClFO/c1-3-11(15)8(2)7-9-5-4-6-10(14)12(9)13/h4-6,8,11,15H,3,7H2,1-2H3. The summed E-state index contributed by atoms with van der Waals surface area (Å²) < 4.78 is 13.1. The molecule has 15 heavy (non-hydrogen) atoms. The summed E-state index contributed by atoms with van der Waals surface area (Å²) in [6.45, 7) is 3.86. The van der Waals surface area contributed by atoms with Crippen LogP contribution in [0.5, 0.6) is 0 Å². The summed E-state index contributed by atoms with van der Waals surface area (Å²) in [6, 6.07) is 4.78. The minimum absolute atomic E-state index is 0.0919. The van der Waals surface area contributed by atoms with Gasteiger partial charge in [-0.3, -0.25) is 0 Å². The fourth-order valence-corrected chi connectivity index (χ4v) is 1.79. The molecule has 1 nitrogen and oxygen atoms in total. The zero-order valence-corrected chi connectivity index (χ0v) is 9.76. The van der Waals surface area contributed by atoms with Crippen molar-refractivity contribution in [1.29, 1.82) is 0 Å². The third kappa shape index (κ3) is 3.18. The lowest BCUT2D eigenvalue weighted by Gasteiger charge is -2.17. The van der Waals surface area contributed by atoms with Gasteiger partial charge in [-0.1, -0.05) is 37.6 Å². The fourth-order valence-electron chi connectivity index (χ4n) is 1.59. The van der Waals surface area contributed by atoms with E-state index in [2.05, 4.69) is 0 Å². The summed E-state index contributed by atoms with van der Waals surface area (Å²) in [4.78, 5) is 0. The third-order valence-corrected chi connectivity index (χ3v) is 3.07. The Morgan fingerprint density at radius 2 is 2.13 bits per heavy atom. The molecular formula is C12H16ClFO. The highest BCUT2D eigenvalue weighted by Crippen LogP contribution is 2.23. The fraction of sp³-hybridized carbons (Fsp3) is 0.500. The molecule has 0 aromatic heterocycles. The van der Waals surface area contributed by atoms with Crippen LogP contribution in [-0.4, -0.2) is 11.2 Å². The number of halogens is 2. The molecule has 0 saturated heterocycles. The molecule has 0 fully saturated rings. The van der Waals surface area contributed by atoms with Crippen molar-refractivity contribution >= 4 is 11.6 Å². The van der Waals surface area contributed by atoms with Gasteiger partial charge in [-0.25, -0.2) is 4.39 Å². The molecule has 3 heteroatoms. The second-order valence-electron chi connectivity index (χ2n) is 3.87. The Morgan fingerprint density at radius 3 is 2.73 bits per heavy atom. The molecule has 0 bridgehead atoms. The molecule has 0 aliphatic carbocycles. The lowest BCUT2D eigenvalue weighted by molar-refractivity contribution is 0.112. The SMILES string of the molecule is CCC(O)C(C)Cc1cccc(F)c1Cl. The number of aliphatic hydroxyl groups excluding tert-OH is 1. The van der Waals surface area contributed by atoms with Crippen molar-refractivity contribution in [2.45, 2.75) is 32.8 Å². The Balaban J connectivity index is 2.76. The van der Waals surface area contributed by atoms with Gasteiger partial charge in [0.05, 0.1) is 11.1 Å². The van der Waals surface area contributed by atoms with Crippen LogP contribution >= 0.6 is 11.6 Å². The van der Waals surface area contributed by atoms with E-state index in [4.69, 9.17) is 11.6 Å². The maximum absolute atomic E-state index is 13.1. The third-order valence-electron chi connectivity index (χ3n) is 2.65. The molecule has 1 N–H and O–H groups in total. The first-order valence-electron chi connectivity index (χ1n) is 5.17. The maximum atomic E-state index is 13.1. The zero-order chi connectivity index (χ0) is 11.4. The largest absolute Gasteiger partial charge is 0.393 e. The van der Waals surface area contributed by atoms with Crippen molar-refractivity contribution < 1.29 is 9.50 Å². The van der Waals surface area contributed by atoms with Crippen LogP contribution in [0.15, 0.2) is 18.2 Å². The average Bonchev–Trinajstić information content (AvgIpc) is 2.23. The monoisotopic (exact) mass is 230 g/mol. The highest BCUT2D eigenvalue weighted by molar-refractivity contribution is 6.31. The molecule has 1 aromatic rings. The first kappa shape index (κ1) is 12.5. The first-order valence-corrected chi connectivity index (χ1v) is 5.55. The van der Waals surface area contributed by atoms with E-state index in [1.54, 1.807) is 12.1 Å². The van der Waals surface area contributed by atoms with Crippen LogP contribution in [0, 0.1) is 11.7 Å². The van der Waals surface area contributed by atoms with Crippen LogP contribution < -0.4 is 0 Å². The van der Waals surface area contributed by atoms with Crippen LogP contribution in [0.4, 0.5) is 4.39 Å². The Kier molecular flexibility index (Phi) is 4.55. The molecule has 0 aliphatic heterocycles. The minimum atomic E-state index is -0.396. The molecule has 0 spiro atoms. The molecular weight excluding hydrogens is 215 g/mol. The Bertz CT molecular complexity index is 327. The van der Waals surface area contributed by atoms with E-state index in [-0.39, 0.29) is 17.0 Å². The summed E-state index contributed by atoms with van der Waals surface area (Å²) in [5.41, 5.74) is 0.761. The average molecular weight is 231 g/mol. The van der Waals surface area contributed by atoms with E-state index in [0.717, 1.165) is 5.56 Å². The van der Waals surface area contributed by atoms with Crippen LogP contribution in [0.1, 0.15) is 25.8 Å². The van der Waals surface area contributed by atoms with Crippen molar-refractivity contribution in [3.63, 3.8) is 0 Å². The van der Waals surface area contributed by atoms with Gasteiger partial charge < -0.3 is 5.11 Å². The predicted octanol–water partition coefficient (Wildman–Crippen LogP) is 3.43. The van der Waals surface area contributed by atoms with Gasteiger partial charge in [0.25, 0.3) is 0 Å². The zero-order valence-electron chi connectivity index (χ0n) is 9.00. The van der Waals surface area contributed by atoms with Crippen LogP contribution in [-0.2, 0) is 6.42 Å². The van der Waals surface area contributed by atoms with E-state index in [0.29, 0.717) is 12.8 Å². The van der Waals surface area contributed by atoms with E-state index in [1.165, 1.54) is 6.07 Å². The number of rotatable bonds is 4. The topological polar surface area (TPSA) is 20.2 Å². The minimum Gasteiger partial charge on any atom is -0.393 e. The number of hydrogen-bond donors (Lipinski definition) is 1. The van der Waals surface area contributed by atoms with E-state index in [9.17, 15) is 9.50 Å². The molecule has 0 amide bonds. The predicted molar refractivity (Wildman–Crippen MR) is 60.6 cm³/mol. The first-order chi connectivity index (χ1) is 7.06. The lowest BCUT2D eigenvalue weighted by atomic mass is 9.94. The van der Waals surface area contributed by atoms with Gasteiger partial charge in [-0.15, -0.1) is 0 Å². The molecule has 0 radical (unpaired) electrons. The van der Waals surface area contributed by atoms with Crippen LogP contribution in [0.3, 0.4) is 0 Å².